The average Bonchev–Trinajstić information content (AvgIpc) is 3.45. The first-order valence-corrected chi connectivity index (χ1v) is 11.5. The molecule has 2 fully saturated rings. The van der Waals surface area contributed by atoms with Gasteiger partial charge in [0, 0.05) is 41.6 Å². The summed E-state index contributed by atoms with van der Waals surface area (Å²) in [5.74, 6) is 0.566. The highest BCUT2D eigenvalue weighted by Crippen LogP contribution is 2.49. The zero-order valence-corrected chi connectivity index (χ0v) is 19.6. The molecule has 2 heterocycles. The number of anilines is 1. The lowest BCUT2D eigenvalue weighted by atomic mass is 10.1. The molecule has 6 nitrogen and oxygen atoms in total. The second kappa shape index (κ2) is 9.01. The predicted octanol–water partition coefficient (Wildman–Crippen LogP) is 4.49. The standard InChI is InChI=1S/C25H30ClN5O/c1-5-6-23-17(4)29-22-8-7-19(26)11-21(22)25(32)30(23)14-15(2)28-13-16(3)31-20(12-27)9-18-10-24(18)31/h5-8,11,15,18,20,24,28-29H,3,9-10,13-14H2,1-2,4H3/b6-5-/t15-,18-,20?,24?/m0/s1. The van der Waals surface area contributed by atoms with Gasteiger partial charge in [-0.25, -0.2) is 0 Å². The van der Waals surface area contributed by atoms with Crippen LogP contribution in [0.25, 0.3) is 0 Å². The lowest BCUT2D eigenvalue weighted by Crippen LogP contribution is -2.44. The molecule has 0 radical (unpaired) electrons. The minimum Gasteiger partial charge on any atom is -0.357 e. The van der Waals surface area contributed by atoms with Gasteiger partial charge in [0.05, 0.1) is 23.0 Å². The van der Waals surface area contributed by atoms with Crippen LogP contribution in [0.3, 0.4) is 0 Å². The van der Waals surface area contributed by atoms with E-state index in [0.29, 0.717) is 35.6 Å². The maximum absolute atomic E-state index is 13.5. The number of likely N-dealkylation sites (tertiary alicyclic amines) is 1. The highest BCUT2D eigenvalue weighted by molar-refractivity contribution is 6.31. The largest absolute Gasteiger partial charge is 0.357 e. The molecule has 0 bridgehead atoms. The molecule has 4 rings (SSSR count). The molecule has 4 atom stereocenters. The van der Waals surface area contributed by atoms with Crippen LogP contribution in [0.1, 0.15) is 44.0 Å². The maximum atomic E-state index is 13.5. The summed E-state index contributed by atoms with van der Waals surface area (Å²) in [5.41, 5.74) is 4.01. The second-order valence-corrected chi connectivity index (χ2v) is 9.38. The summed E-state index contributed by atoms with van der Waals surface area (Å²) in [5, 5.41) is 16.9. The van der Waals surface area contributed by atoms with Gasteiger partial charge in [0.2, 0.25) is 0 Å². The first-order chi connectivity index (χ1) is 15.3. The minimum absolute atomic E-state index is 0.0163. The Kier molecular flexibility index (Phi) is 6.32. The van der Waals surface area contributed by atoms with Gasteiger partial charge in [0.15, 0.2) is 0 Å². The Morgan fingerprint density at radius 3 is 2.97 bits per heavy atom. The normalized spacial score (nSPS) is 25.2. The van der Waals surface area contributed by atoms with Gasteiger partial charge < -0.3 is 20.4 Å². The number of nitrogens with one attached hydrogen (secondary N) is 2. The minimum atomic E-state index is -0.0858. The number of nitrogens with zero attached hydrogens (tertiary/aromatic N) is 3. The second-order valence-electron chi connectivity index (χ2n) is 8.94. The summed E-state index contributed by atoms with van der Waals surface area (Å²) in [6.45, 7) is 11.3. The van der Waals surface area contributed by atoms with Gasteiger partial charge in [-0.3, -0.25) is 4.79 Å². The first kappa shape index (κ1) is 22.4. The van der Waals surface area contributed by atoms with Gasteiger partial charge >= 0.3 is 0 Å². The summed E-state index contributed by atoms with van der Waals surface area (Å²) in [7, 11) is 0. The van der Waals surface area contributed by atoms with E-state index in [0.717, 1.165) is 29.2 Å². The van der Waals surface area contributed by atoms with Crippen molar-refractivity contribution in [1.82, 2.24) is 15.1 Å². The van der Waals surface area contributed by atoms with Crippen LogP contribution in [0.5, 0.6) is 0 Å². The van der Waals surface area contributed by atoms with E-state index >= 15 is 0 Å². The van der Waals surface area contributed by atoms with E-state index in [9.17, 15) is 10.1 Å². The molecule has 2 unspecified atom stereocenters. The zero-order valence-electron chi connectivity index (χ0n) is 18.9. The number of carbonyl (C=O) groups is 1. The highest BCUT2D eigenvalue weighted by Gasteiger charge is 2.52. The van der Waals surface area contributed by atoms with Crippen molar-refractivity contribution in [2.24, 2.45) is 5.92 Å². The van der Waals surface area contributed by atoms with Gasteiger partial charge in [-0.05, 0) is 63.8 Å². The molecule has 1 aliphatic carbocycles. The van der Waals surface area contributed by atoms with Crippen LogP contribution in [0.15, 0.2) is 54.0 Å². The van der Waals surface area contributed by atoms with E-state index in [1.165, 1.54) is 6.42 Å². The van der Waals surface area contributed by atoms with Crippen molar-refractivity contribution >= 4 is 23.2 Å². The van der Waals surface area contributed by atoms with E-state index in [-0.39, 0.29) is 18.0 Å². The monoisotopic (exact) mass is 451 g/mol. The van der Waals surface area contributed by atoms with Crippen molar-refractivity contribution in [3.8, 4) is 6.07 Å². The molecule has 1 saturated heterocycles. The van der Waals surface area contributed by atoms with E-state index in [1.54, 1.807) is 17.0 Å². The lowest BCUT2D eigenvalue weighted by Gasteiger charge is -2.30. The van der Waals surface area contributed by atoms with E-state index in [2.05, 4.69) is 35.1 Å². The Morgan fingerprint density at radius 2 is 2.25 bits per heavy atom. The zero-order chi connectivity index (χ0) is 23.0. The van der Waals surface area contributed by atoms with Crippen LogP contribution < -0.4 is 10.6 Å². The van der Waals surface area contributed by atoms with Crippen molar-refractivity contribution in [2.45, 2.75) is 51.7 Å². The third kappa shape index (κ3) is 4.28. The van der Waals surface area contributed by atoms with Gasteiger partial charge in [0.1, 0.15) is 6.04 Å². The molecule has 1 amide bonds. The van der Waals surface area contributed by atoms with Gasteiger partial charge in [-0.15, -0.1) is 0 Å². The SMILES string of the molecule is C=C(CN[C@@H](C)CN1C(=O)c2cc(Cl)ccc2NC(C)=C1/C=C\C)N1C(C#N)C[C@H]2CC21. The number of halogens is 1. The Balaban J connectivity index is 1.48. The number of hydrogen-bond acceptors (Lipinski definition) is 5. The predicted molar refractivity (Wildman–Crippen MR) is 128 cm³/mol. The number of allylic oxidation sites excluding steroid dienone is 3. The van der Waals surface area contributed by atoms with Gasteiger partial charge in [-0.2, -0.15) is 5.26 Å². The average molecular weight is 452 g/mol. The van der Waals surface area contributed by atoms with Gasteiger partial charge in [0.25, 0.3) is 5.91 Å². The molecule has 7 heteroatoms. The number of fused-ring (bicyclic) bond motifs is 2. The molecule has 1 saturated carbocycles. The lowest BCUT2D eigenvalue weighted by molar-refractivity contribution is 0.0801. The van der Waals surface area contributed by atoms with Crippen LogP contribution >= 0.6 is 11.6 Å². The Labute approximate surface area is 195 Å². The first-order valence-electron chi connectivity index (χ1n) is 11.1. The molecule has 168 valence electrons. The number of amides is 1. The summed E-state index contributed by atoms with van der Waals surface area (Å²) in [6, 6.07) is 8.19. The smallest absolute Gasteiger partial charge is 0.260 e. The fourth-order valence-electron chi connectivity index (χ4n) is 4.83. The van der Waals surface area contributed by atoms with Crippen LogP contribution in [-0.4, -0.2) is 46.9 Å². The van der Waals surface area contributed by atoms with E-state index in [4.69, 9.17) is 11.6 Å². The molecule has 1 aromatic rings. The van der Waals surface area contributed by atoms with E-state index < -0.39 is 0 Å². The summed E-state index contributed by atoms with van der Waals surface area (Å²) in [4.78, 5) is 17.5. The fraction of sp³-hybridized carbons (Fsp3) is 0.440. The Morgan fingerprint density at radius 1 is 1.47 bits per heavy atom. The quantitative estimate of drug-likeness (QED) is 0.638. The molecular formula is C25H30ClN5O. The summed E-state index contributed by atoms with van der Waals surface area (Å²) < 4.78 is 0. The number of hydrogen-bond donors (Lipinski definition) is 2. The van der Waals surface area contributed by atoms with Crippen molar-refractivity contribution in [3.05, 3.63) is 64.6 Å². The molecule has 32 heavy (non-hydrogen) atoms. The summed E-state index contributed by atoms with van der Waals surface area (Å²) in [6.07, 6.45) is 6.00. The highest BCUT2D eigenvalue weighted by atomic mass is 35.5. The van der Waals surface area contributed by atoms with Crippen molar-refractivity contribution < 1.29 is 4.79 Å². The Hall–Kier alpha value is -2.75. The fourth-order valence-corrected chi connectivity index (χ4v) is 5.00. The van der Waals surface area contributed by atoms with Crippen LogP contribution in [0.2, 0.25) is 5.02 Å². The van der Waals surface area contributed by atoms with Crippen molar-refractivity contribution in [3.63, 3.8) is 0 Å². The maximum Gasteiger partial charge on any atom is 0.260 e. The Bertz CT molecular complexity index is 1040. The molecule has 0 aromatic heterocycles. The molecule has 1 aromatic carbocycles. The van der Waals surface area contributed by atoms with Gasteiger partial charge in [-0.1, -0.05) is 24.3 Å². The molecule has 2 aliphatic heterocycles. The third-order valence-corrected chi connectivity index (χ3v) is 6.74. The number of carbonyl (C=O) groups excluding carboxylic acids is 1. The molecule has 0 spiro atoms. The molecule has 2 N–H and O–H groups in total. The molecular weight excluding hydrogens is 422 g/mol. The number of piperidine rings is 1. The number of nitriles is 1. The number of rotatable bonds is 7. The van der Waals surface area contributed by atoms with Crippen LogP contribution in [-0.2, 0) is 0 Å². The topological polar surface area (TPSA) is 71.4 Å². The van der Waals surface area contributed by atoms with E-state index in [1.807, 2.05) is 32.1 Å². The number of benzene rings is 1. The van der Waals surface area contributed by atoms with Crippen LogP contribution in [0, 0.1) is 17.2 Å². The summed E-state index contributed by atoms with van der Waals surface area (Å²) >= 11 is 6.19. The van der Waals surface area contributed by atoms with Crippen LogP contribution in [0.4, 0.5) is 5.69 Å². The molecule has 3 aliphatic rings. The third-order valence-electron chi connectivity index (χ3n) is 6.51. The van der Waals surface area contributed by atoms with Crippen molar-refractivity contribution in [2.75, 3.05) is 18.4 Å². The van der Waals surface area contributed by atoms with Crippen molar-refractivity contribution in [1.29, 1.82) is 5.26 Å².